The molecule has 0 aliphatic heterocycles. The molecule has 18 heavy (non-hydrogen) atoms. The van der Waals surface area contributed by atoms with Crippen molar-refractivity contribution in [1.82, 2.24) is 5.32 Å². The highest BCUT2D eigenvalue weighted by molar-refractivity contribution is 9.10. The lowest BCUT2D eigenvalue weighted by Crippen LogP contribution is -2.31. The predicted octanol–water partition coefficient (Wildman–Crippen LogP) is 2.95. The molecule has 1 aromatic rings. The Hall–Kier alpha value is -0.580. The molecule has 0 saturated carbocycles. The van der Waals surface area contributed by atoms with Crippen molar-refractivity contribution in [2.75, 3.05) is 13.7 Å². The minimum absolute atomic E-state index is 0.281. The summed E-state index contributed by atoms with van der Waals surface area (Å²) in [5.41, 5.74) is 1.17. The molecular weight excluding hydrogens is 294 g/mol. The third-order valence-corrected chi connectivity index (χ3v) is 3.82. The molecule has 0 bridgehead atoms. The lowest BCUT2D eigenvalue weighted by atomic mass is 10.0. The number of ether oxygens (including phenoxy) is 1. The van der Waals surface area contributed by atoms with E-state index in [1.54, 1.807) is 7.11 Å². The van der Waals surface area contributed by atoms with Gasteiger partial charge in [0.1, 0.15) is 5.75 Å². The predicted molar refractivity (Wildman–Crippen MR) is 77.9 cm³/mol. The molecule has 4 heteroatoms. The third-order valence-electron chi connectivity index (χ3n) is 3.20. The fourth-order valence-electron chi connectivity index (χ4n) is 1.66. The maximum atomic E-state index is 9.84. The fraction of sp³-hybridized carbons (Fsp3) is 0.571. The van der Waals surface area contributed by atoms with E-state index < -0.39 is 0 Å². The third kappa shape index (κ3) is 4.59. The molecule has 2 N–H and O–H groups in total. The first-order valence-corrected chi connectivity index (χ1v) is 7.09. The Morgan fingerprint density at radius 2 is 2.17 bits per heavy atom. The highest BCUT2D eigenvalue weighted by atomic mass is 79.9. The average Bonchev–Trinajstić information content (AvgIpc) is 2.37. The zero-order valence-electron chi connectivity index (χ0n) is 11.2. The van der Waals surface area contributed by atoms with Crippen molar-refractivity contribution in [3.05, 3.63) is 28.2 Å². The van der Waals surface area contributed by atoms with Crippen LogP contribution in [0.3, 0.4) is 0 Å². The monoisotopic (exact) mass is 315 g/mol. The molecule has 0 spiro atoms. The Kier molecular flexibility index (Phi) is 6.68. The Bertz CT molecular complexity index is 371. The van der Waals surface area contributed by atoms with E-state index >= 15 is 0 Å². The topological polar surface area (TPSA) is 41.5 Å². The lowest BCUT2D eigenvalue weighted by molar-refractivity contribution is 0.113. The Labute approximate surface area is 118 Å². The normalized spacial score (nSPS) is 14.3. The summed E-state index contributed by atoms with van der Waals surface area (Å²) in [7, 11) is 1.65. The van der Waals surface area contributed by atoms with Crippen LogP contribution in [-0.2, 0) is 6.54 Å². The average molecular weight is 316 g/mol. The maximum Gasteiger partial charge on any atom is 0.133 e. The van der Waals surface area contributed by atoms with Crippen molar-refractivity contribution >= 4 is 15.9 Å². The number of nitrogens with one attached hydrogen (secondary N) is 1. The van der Waals surface area contributed by atoms with Crippen LogP contribution in [-0.4, -0.2) is 24.9 Å². The highest BCUT2D eigenvalue weighted by Crippen LogP contribution is 2.25. The molecule has 1 rings (SSSR count). The molecular formula is C14H22BrNO2. The minimum Gasteiger partial charge on any atom is -0.496 e. The maximum absolute atomic E-state index is 9.84. The van der Waals surface area contributed by atoms with Crippen LogP contribution in [0.15, 0.2) is 22.7 Å². The number of halogens is 1. The number of aliphatic hydroxyl groups is 1. The van der Waals surface area contributed by atoms with Gasteiger partial charge in [-0.05, 0) is 39.5 Å². The molecule has 2 atom stereocenters. The molecule has 0 aliphatic carbocycles. The van der Waals surface area contributed by atoms with E-state index in [0.29, 0.717) is 12.5 Å². The van der Waals surface area contributed by atoms with Crippen LogP contribution < -0.4 is 10.1 Å². The van der Waals surface area contributed by atoms with Crippen LogP contribution in [0.1, 0.15) is 25.8 Å². The van der Waals surface area contributed by atoms with Gasteiger partial charge in [-0.15, -0.1) is 0 Å². The second-order valence-corrected chi connectivity index (χ2v) is 5.41. The molecule has 0 amide bonds. The number of rotatable bonds is 7. The van der Waals surface area contributed by atoms with Gasteiger partial charge in [0, 0.05) is 13.1 Å². The number of methoxy groups -OCH3 is 1. The molecule has 0 heterocycles. The van der Waals surface area contributed by atoms with Gasteiger partial charge in [0.05, 0.1) is 17.7 Å². The van der Waals surface area contributed by atoms with E-state index in [4.69, 9.17) is 4.74 Å². The summed E-state index contributed by atoms with van der Waals surface area (Å²) in [5, 5.41) is 13.1. The molecule has 102 valence electrons. The van der Waals surface area contributed by atoms with E-state index in [9.17, 15) is 5.11 Å². The van der Waals surface area contributed by atoms with Gasteiger partial charge in [0.2, 0.25) is 0 Å². The molecule has 1 aromatic carbocycles. The van der Waals surface area contributed by atoms with Crippen molar-refractivity contribution < 1.29 is 9.84 Å². The van der Waals surface area contributed by atoms with Crippen LogP contribution in [0.4, 0.5) is 0 Å². The van der Waals surface area contributed by atoms with Gasteiger partial charge >= 0.3 is 0 Å². The molecule has 0 aliphatic rings. The molecule has 0 aromatic heterocycles. The summed E-state index contributed by atoms with van der Waals surface area (Å²) in [6.45, 7) is 5.53. The smallest absolute Gasteiger partial charge is 0.133 e. The summed E-state index contributed by atoms with van der Waals surface area (Å²) in [6, 6.07) is 5.99. The molecule has 3 nitrogen and oxygen atoms in total. The van der Waals surface area contributed by atoms with Crippen LogP contribution in [0.2, 0.25) is 0 Å². The minimum atomic E-state index is -0.281. The second kappa shape index (κ2) is 7.77. The quantitative estimate of drug-likeness (QED) is 0.813. The Morgan fingerprint density at radius 3 is 2.72 bits per heavy atom. The summed E-state index contributed by atoms with van der Waals surface area (Å²) in [5.74, 6) is 1.17. The SMILES string of the molecule is CCC(C)C(O)CNCc1ccc(OC)c(Br)c1. The van der Waals surface area contributed by atoms with Gasteiger partial charge in [-0.3, -0.25) is 0 Å². The van der Waals surface area contributed by atoms with Crippen molar-refractivity contribution in [2.24, 2.45) is 5.92 Å². The first-order chi connectivity index (χ1) is 8.58. The Morgan fingerprint density at radius 1 is 1.44 bits per heavy atom. The molecule has 0 radical (unpaired) electrons. The van der Waals surface area contributed by atoms with Crippen LogP contribution >= 0.6 is 15.9 Å². The van der Waals surface area contributed by atoms with Gasteiger partial charge in [-0.2, -0.15) is 0 Å². The van der Waals surface area contributed by atoms with Gasteiger partial charge in [-0.25, -0.2) is 0 Å². The van der Waals surface area contributed by atoms with Crippen molar-refractivity contribution in [1.29, 1.82) is 0 Å². The number of aliphatic hydroxyl groups excluding tert-OH is 1. The number of benzene rings is 1. The van der Waals surface area contributed by atoms with Crippen molar-refractivity contribution in [2.45, 2.75) is 32.9 Å². The van der Waals surface area contributed by atoms with Gasteiger partial charge < -0.3 is 15.2 Å². The molecule has 0 saturated heterocycles. The summed E-state index contributed by atoms with van der Waals surface area (Å²) in [6.07, 6.45) is 0.716. The number of hydrogen-bond donors (Lipinski definition) is 2. The first kappa shape index (κ1) is 15.5. The number of hydrogen-bond acceptors (Lipinski definition) is 3. The van der Waals surface area contributed by atoms with E-state index in [-0.39, 0.29) is 6.10 Å². The molecule has 2 unspecified atom stereocenters. The summed E-state index contributed by atoms with van der Waals surface area (Å²) < 4.78 is 6.13. The largest absolute Gasteiger partial charge is 0.496 e. The zero-order chi connectivity index (χ0) is 13.5. The molecule has 0 fully saturated rings. The van der Waals surface area contributed by atoms with Crippen molar-refractivity contribution in [3.63, 3.8) is 0 Å². The fourth-order valence-corrected chi connectivity index (χ4v) is 2.25. The summed E-state index contributed by atoms with van der Waals surface area (Å²) in [4.78, 5) is 0. The van der Waals surface area contributed by atoms with Crippen molar-refractivity contribution in [3.8, 4) is 5.75 Å². The van der Waals surface area contributed by atoms with Crippen LogP contribution in [0, 0.1) is 5.92 Å². The second-order valence-electron chi connectivity index (χ2n) is 4.55. The highest BCUT2D eigenvalue weighted by Gasteiger charge is 2.11. The van der Waals surface area contributed by atoms with Gasteiger partial charge in [-0.1, -0.05) is 26.3 Å². The van der Waals surface area contributed by atoms with E-state index in [0.717, 1.165) is 23.2 Å². The van der Waals surface area contributed by atoms with Crippen LogP contribution in [0.25, 0.3) is 0 Å². The van der Waals surface area contributed by atoms with Gasteiger partial charge in [0.25, 0.3) is 0 Å². The van der Waals surface area contributed by atoms with Gasteiger partial charge in [0.15, 0.2) is 0 Å². The van der Waals surface area contributed by atoms with E-state index in [1.807, 2.05) is 18.2 Å². The Balaban J connectivity index is 2.42. The first-order valence-electron chi connectivity index (χ1n) is 6.29. The lowest BCUT2D eigenvalue weighted by Gasteiger charge is -2.17. The van der Waals surface area contributed by atoms with E-state index in [2.05, 4.69) is 35.1 Å². The zero-order valence-corrected chi connectivity index (χ0v) is 12.8. The van der Waals surface area contributed by atoms with Crippen LogP contribution in [0.5, 0.6) is 5.75 Å². The van der Waals surface area contributed by atoms with E-state index in [1.165, 1.54) is 5.56 Å². The summed E-state index contributed by atoms with van der Waals surface area (Å²) >= 11 is 3.46. The standard InChI is InChI=1S/C14H22BrNO2/c1-4-10(2)13(17)9-16-8-11-5-6-14(18-3)12(15)7-11/h5-7,10,13,16-17H,4,8-9H2,1-3H3.